The third-order valence-electron chi connectivity index (χ3n) is 3.33. The van der Waals surface area contributed by atoms with Gasteiger partial charge in [-0.25, -0.2) is 4.39 Å². The third-order valence-corrected chi connectivity index (χ3v) is 4.41. The highest BCUT2D eigenvalue weighted by atomic mass is 32.2. The summed E-state index contributed by atoms with van der Waals surface area (Å²) < 4.78 is 12.9. The highest BCUT2D eigenvalue weighted by Gasteiger charge is 2.20. The van der Waals surface area contributed by atoms with Crippen molar-refractivity contribution < 1.29 is 9.18 Å². The molecule has 19 heavy (non-hydrogen) atoms. The van der Waals surface area contributed by atoms with Crippen LogP contribution in [0.3, 0.4) is 0 Å². The van der Waals surface area contributed by atoms with Crippen LogP contribution < -0.4 is 5.73 Å². The molecule has 1 amide bonds. The minimum Gasteiger partial charge on any atom is -0.398 e. The van der Waals surface area contributed by atoms with Gasteiger partial charge in [0.1, 0.15) is 5.82 Å². The van der Waals surface area contributed by atoms with Crippen LogP contribution >= 0.6 is 11.8 Å². The van der Waals surface area contributed by atoms with E-state index in [1.165, 1.54) is 30.3 Å². The van der Waals surface area contributed by atoms with Crippen molar-refractivity contribution in [2.75, 3.05) is 24.6 Å². The molecule has 3 nitrogen and oxygen atoms in total. The number of piperidine rings is 1. The van der Waals surface area contributed by atoms with Gasteiger partial charge in [0.2, 0.25) is 5.91 Å². The van der Waals surface area contributed by atoms with Gasteiger partial charge in [-0.15, -0.1) is 11.8 Å². The third kappa shape index (κ3) is 3.86. The molecule has 1 aromatic carbocycles. The molecule has 1 aliphatic rings. The number of nitrogens with two attached hydrogens (primary N) is 1. The number of rotatable bonds is 3. The van der Waals surface area contributed by atoms with Crippen LogP contribution in [0, 0.1) is 11.7 Å². The molecule has 1 heterocycles. The Morgan fingerprint density at radius 3 is 3.05 bits per heavy atom. The van der Waals surface area contributed by atoms with Gasteiger partial charge in [-0.1, -0.05) is 6.92 Å². The summed E-state index contributed by atoms with van der Waals surface area (Å²) in [7, 11) is 0. The summed E-state index contributed by atoms with van der Waals surface area (Å²) in [5.74, 6) is 0.736. The second-order valence-electron chi connectivity index (χ2n) is 5.06. The zero-order valence-corrected chi connectivity index (χ0v) is 11.9. The number of anilines is 1. The number of carbonyl (C=O) groups is 1. The molecular formula is C14H19FN2OS. The minimum atomic E-state index is -0.349. The largest absolute Gasteiger partial charge is 0.398 e. The topological polar surface area (TPSA) is 46.3 Å². The van der Waals surface area contributed by atoms with Crippen LogP contribution in [0.2, 0.25) is 0 Å². The zero-order chi connectivity index (χ0) is 13.8. The number of halogens is 1. The van der Waals surface area contributed by atoms with Crippen molar-refractivity contribution in [2.24, 2.45) is 5.92 Å². The minimum absolute atomic E-state index is 0.139. The second kappa shape index (κ2) is 6.28. The first-order valence-electron chi connectivity index (χ1n) is 6.52. The molecule has 1 aromatic rings. The van der Waals surface area contributed by atoms with Crippen molar-refractivity contribution in [1.29, 1.82) is 0 Å². The quantitative estimate of drug-likeness (QED) is 0.685. The van der Waals surface area contributed by atoms with E-state index in [1.54, 1.807) is 6.07 Å². The van der Waals surface area contributed by atoms with Gasteiger partial charge >= 0.3 is 0 Å². The summed E-state index contributed by atoms with van der Waals surface area (Å²) in [6, 6.07) is 4.28. The number of amides is 1. The number of hydrogen-bond acceptors (Lipinski definition) is 3. The van der Waals surface area contributed by atoms with Gasteiger partial charge in [0.25, 0.3) is 0 Å². The molecule has 104 valence electrons. The van der Waals surface area contributed by atoms with E-state index in [0.29, 0.717) is 17.4 Å². The fourth-order valence-electron chi connectivity index (χ4n) is 2.30. The molecule has 1 aliphatic heterocycles. The molecular weight excluding hydrogens is 263 g/mol. The predicted molar refractivity (Wildman–Crippen MR) is 76.5 cm³/mol. The molecule has 1 atom stereocenters. The number of benzene rings is 1. The monoisotopic (exact) mass is 282 g/mol. The Kier molecular flexibility index (Phi) is 4.69. The van der Waals surface area contributed by atoms with E-state index in [1.807, 2.05) is 4.90 Å². The van der Waals surface area contributed by atoms with Gasteiger partial charge in [-0.2, -0.15) is 0 Å². The Labute approximate surface area is 117 Å². The van der Waals surface area contributed by atoms with E-state index >= 15 is 0 Å². The summed E-state index contributed by atoms with van der Waals surface area (Å²) in [5.41, 5.74) is 6.12. The lowest BCUT2D eigenvalue weighted by atomic mass is 10.0. The SMILES string of the molecule is CC1CCCN(C(=O)CSc2ccc(F)cc2N)C1. The Morgan fingerprint density at radius 1 is 1.58 bits per heavy atom. The number of nitrogen functional groups attached to an aromatic ring is 1. The van der Waals surface area contributed by atoms with Crippen LogP contribution in [0.25, 0.3) is 0 Å². The number of hydrogen-bond donors (Lipinski definition) is 1. The number of thioether (sulfide) groups is 1. The number of likely N-dealkylation sites (tertiary alicyclic amines) is 1. The van der Waals surface area contributed by atoms with E-state index in [-0.39, 0.29) is 11.7 Å². The molecule has 1 unspecified atom stereocenters. The van der Waals surface area contributed by atoms with E-state index in [9.17, 15) is 9.18 Å². The highest BCUT2D eigenvalue weighted by Crippen LogP contribution is 2.26. The predicted octanol–water partition coefficient (Wildman–Crippen LogP) is 2.76. The van der Waals surface area contributed by atoms with Crippen LogP contribution in [0.5, 0.6) is 0 Å². The lowest BCUT2D eigenvalue weighted by Crippen LogP contribution is -2.40. The lowest BCUT2D eigenvalue weighted by molar-refractivity contribution is -0.130. The zero-order valence-electron chi connectivity index (χ0n) is 11.1. The van der Waals surface area contributed by atoms with Gasteiger partial charge < -0.3 is 10.6 Å². The number of carbonyl (C=O) groups excluding carboxylic acids is 1. The van der Waals surface area contributed by atoms with E-state index in [2.05, 4.69) is 6.92 Å². The maximum atomic E-state index is 12.9. The summed E-state index contributed by atoms with van der Waals surface area (Å²) in [6.45, 7) is 3.87. The van der Waals surface area contributed by atoms with Crippen molar-refractivity contribution in [3.05, 3.63) is 24.0 Å². The van der Waals surface area contributed by atoms with E-state index < -0.39 is 0 Å². The lowest BCUT2D eigenvalue weighted by Gasteiger charge is -2.30. The fourth-order valence-corrected chi connectivity index (χ4v) is 3.15. The molecule has 0 spiro atoms. The molecule has 0 bridgehead atoms. The molecule has 2 rings (SSSR count). The molecule has 0 radical (unpaired) electrons. The van der Waals surface area contributed by atoms with E-state index in [4.69, 9.17) is 5.73 Å². The average Bonchev–Trinajstić information content (AvgIpc) is 2.37. The highest BCUT2D eigenvalue weighted by molar-refractivity contribution is 8.00. The molecule has 0 aliphatic carbocycles. The normalized spacial score (nSPS) is 19.5. The second-order valence-corrected chi connectivity index (χ2v) is 6.08. The maximum absolute atomic E-state index is 12.9. The van der Waals surface area contributed by atoms with Crippen LogP contribution in [0.4, 0.5) is 10.1 Å². The first kappa shape index (κ1) is 14.2. The van der Waals surface area contributed by atoms with Crippen molar-refractivity contribution in [3.63, 3.8) is 0 Å². The van der Waals surface area contributed by atoms with Crippen molar-refractivity contribution >= 4 is 23.4 Å². The Morgan fingerprint density at radius 2 is 2.37 bits per heavy atom. The summed E-state index contributed by atoms with van der Waals surface area (Å²) >= 11 is 1.38. The van der Waals surface area contributed by atoms with Crippen molar-refractivity contribution in [2.45, 2.75) is 24.7 Å². The van der Waals surface area contributed by atoms with Crippen LogP contribution in [-0.2, 0) is 4.79 Å². The average molecular weight is 282 g/mol. The summed E-state index contributed by atoms with van der Waals surface area (Å²) in [6.07, 6.45) is 2.28. The fraction of sp³-hybridized carbons (Fsp3) is 0.500. The van der Waals surface area contributed by atoms with Crippen LogP contribution in [0.15, 0.2) is 23.1 Å². The van der Waals surface area contributed by atoms with E-state index in [0.717, 1.165) is 24.4 Å². The maximum Gasteiger partial charge on any atom is 0.232 e. The summed E-state index contributed by atoms with van der Waals surface area (Å²) in [4.78, 5) is 14.8. The van der Waals surface area contributed by atoms with Crippen molar-refractivity contribution in [1.82, 2.24) is 4.90 Å². The standard InChI is InChI=1S/C14H19FN2OS/c1-10-3-2-6-17(8-10)14(18)9-19-13-5-4-11(15)7-12(13)16/h4-5,7,10H,2-3,6,8-9,16H2,1H3. The first-order valence-corrected chi connectivity index (χ1v) is 7.50. The van der Waals surface area contributed by atoms with Crippen LogP contribution in [-0.4, -0.2) is 29.6 Å². The Bertz CT molecular complexity index is 467. The molecule has 0 saturated carbocycles. The Balaban J connectivity index is 1.89. The molecule has 5 heteroatoms. The molecule has 2 N–H and O–H groups in total. The number of nitrogens with zero attached hydrogens (tertiary/aromatic N) is 1. The molecule has 1 saturated heterocycles. The molecule has 0 aromatic heterocycles. The smallest absolute Gasteiger partial charge is 0.232 e. The van der Waals surface area contributed by atoms with Gasteiger partial charge in [0.05, 0.1) is 5.75 Å². The van der Waals surface area contributed by atoms with Gasteiger partial charge in [-0.05, 0) is 37.0 Å². The molecule has 1 fully saturated rings. The van der Waals surface area contributed by atoms with Gasteiger partial charge in [0, 0.05) is 23.7 Å². The van der Waals surface area contributed by atoms with Gasteiger partial charge in [-0.3, -0.25) is 4.79 Å². The van der Waals surface area contributed by atoms with Crippen molar-refractivity contribution in [3.8, 4) is 0 Å². The van der Waals surface area contributed by atoms with Gasteiger partial charge in [0.15, 0.2) is 0 Å². The Hall–Kier alpha value is -1.23. The summed E-state index contributed by atoms with van der Waals surface area (Å²) in [5, 5.41) is 0. The first-order chi connectivity index (χ1) is 9.06. The van der Waals surface area contributed by atoms with Crippen LogP contribution in [0.1, 0.15) is 19.8 Å².